The van der Waals surface area contributed by atoms with E-state index in [1.165, 1.54) is 11.1 Å². The lowest BCUT2D eigenvalue weighted by Gasteiger charge is -2.19. The molecule has 7 heteroatoms. The molecule has 2 amide bonds. The number of hydrogen-bond donors (Lipinski definition) is 3. The van der Waals surface area contributed by atoms with Gasteiger partial charge in [0.2, 0.25) is 5.91 Å². The van der Waals surface area contributed by atoms with E-state index < -0.39 is 12.1 Å². The second-order valence-electron chi connectivity index (χ2n) is 9.30. The van der Waals surface area contributed by atoms with E-state index in [4.69, 9.17) is 9.84 Å². The van der Waals surface area contributed by atoms with Crippen LogP contribution in [0.2, 0.25) is 0 Å². The van der Waals surface area contributed by atoms with E-state index in [1.807, 2.05) is 31.2 Å². The molecule has 1 fully saturated rings. The fourth-order valence-electron chi connectivity index (χ4n) is 5.12. The number of nitrogens with one attached hydrogen (secondary N) is 2. The number of carbonyl (C=O) groups is 3. The third kappa shape index (κ3) is 5.41. The molecule has 0 spiro atoms. The first kappa shape index (κ1) is 23.8. The minimum atomic E-state index is -0.796. The molecular weight excluding hydrogens is 432 g/mol. The van der Waals surface area contributed by atoms with Gasteiger partial charge in [-0.3, -0.25) is 9.59 Å². The van der Waals surface area contributed by atoms with Crippen LogP contribution in [0, 0.1) is 11.8 Å². The summed E-state index contributed by atoms with van der Waals surface area (Å²) >= 11 is 0. The SMILES string of the molecule is CCC(CNC(=O)OCC1c2ccccc2-c2ccccc21)CC(=O)NC1CCC(C(=O)O)C1. The van der Waals surface area contributed by atoms with Crippen LogP contribution in [-0.2, 0) is 14.3 Å². The van der Waals surface area contributed by atoms with Gasteiger partial charge < -0.3 is 20.5 Å². The average molecular weight is 465 g/mol. The van der Waals surface area contributed by atoms with Crippen molar-refractivity contribution in [3.8, 4) is 11.1 Å². The Morgan fingerprint density at radius 1 is 1.03 bits per heavy atom. The minimum absolute atomic E-state index is 0.00643. The van der Waals surface area contributed by atoms with Crippen molar-refractivity contribution in [1.29, 1.82) is 0 Å². The number of carbonyl (C=O) groups excluding carboxylic acids is 2. The van der Waals surface area contributed by atoms with Crippen LogP contribution >= 0.6 is 0 Å². The fourth-order valence-corrected chi connectivity index (χ4v) is 5.12. The van der Waals surface area contributed by atoms with Crippen LogP contribution < -0.4 is 10.6 Å². The lowest BCUT2D eigenvalue weighted by atomic mass is 9.98. The smallest absolute Gasteiger partial charge is 0.407 e. The van der Waals surface area contributed by atoms with Crippen LogP contribution in [0.3, 0.4) is 0 Å². The maximum absolute atomic E-state index is 12.4. The Morgan fingerprint density at radius 3 is 2.26 bits per heavy atom. The van der Waals surface area contributed by atoms with Crippen molar-refractivity contribution in [1.82, 2.24) is 10.6 Å². The number of fused-ring (bicyclic) bond motifs is 3. The topological polar surface area (TPSA) is 105 Å². The van der Waals surface area contributed by atoms with Crippen molar-refractivity contribution in [3.05, 3.63) is 59.7 Å². The second kappa shape index (κ2) is 10.7. The lowest BCUT2D eigenvalue weighted by Crippen LogP contribution is -2.37. The third-order valence-corrected chi connectivity index (χ3v) is 7.08. The first-order chi connectivity index (χ1) is 16.5. The molecule has 7 nitrogen and oxygen atoms in total. The molecule has 0 bridgehead atoms. The van der Waals surface area contributed by atoms with Crippen LogP contribution in [0.15, 0.2) is 48.5 Å². The molecule has 34 heavy (non-hydrogen) atoms. The predicted molar refractivity (Wildman–Crippen MR) is 128 cm³/mol. The molecule has 0 saturated heterocycles. The monoisotopic (exact) mass is 464 g/mol. The highest BCUT2D eigenvalue weighted by Gasteiger charge is 2.31. The maximum Gasteiger partial charge on any atom is 0.407 e. The highest BCUT2D eigenvalue weighted by atomic mass is 16.5. The van der Waals surface area contributed by atoms with Crippen LogP contribution in [0.1, 0.15) is 56.1 Å². The van der Waals surface area contributed by atoms with E-state index in [9.17, 15) is 14.4 Å². The van der Waals surface area contributed by atoms with Crippen molar-refractivity contribution in [2.24, 2.45) is 11.8 Å². The maximum atomic E-state index is 12.4. The van der Waals surface area contributed by atoms with Crippen molar-refractivity contribution in [2.45, 2.75) is 51.0 Å². The van der Waals surface area contributed by atoms with Crippen LogP contribution in [-0.4, -0.2) is 42.3 Å². The summed E-state index contributed by atoms with van der Waals surface area (Å²) in [6, 6.07) is 16.3. The quantitative estimate of drug-likeness (QED) is 0.513. The molecule has 2 aliphatic carbocycles. The number of rotatable bonds is 9. The molecule has 0 radical (unpaired) electrons. The highest BCUT2D eigenvalue weighted by molar-refractivity contribution is 5.79. The van der Waals surface area contributed by atoms with Gasteiger partial charge in [-0.2, -0.15) is 0 Å². The third-order valence-electron chi connectivity index (χ3n) is 7.08. The Bertz CT molecular complexity index is 1010. The van der Waals surface area contributed by atoms with E-state index in [0.717, 1.165) is 17.5 Å². The van der Waals surface area contributed by atoms with Crippen molar-refractivity contribution < 1.29 is 24.2 Å². The number of alkyl carbamates (subject to hydrolysis) is 1. The van der Waals surface area contributed by atoms with Crippen molar-refractivity contribution in [3.63, 3.8) is 0 Å². The summed E-state index contributed by atoms with van der Waals surface area (Å²) in [6.07, 6.45) is 2.31. The van der Waals surface area contributed by atoms with Crippen LogP contribution in [0.4, 0.5) is 4.79 Å². The molecule has 0 aromatic heterocycles. The van der Waals surface area contributed by atoms with Crippen LogP contribution in [0.25, 0.3) is 11.1 Å². The van der Waals surface area contributed by atoms with E-state index in [-0.39, 0.29) is 42.7 Å². The number of carboxylic acid groups (broad SMARTS) is 1. The summed E-state index contributed by atoms with van der Waals surface area (Å²) in [5.41, 5.74) is 4.69. The fraction of sp³-hybridized carbons (Fsp3) is 0.444. The first-order valence-electron chi connectivity index (χ1n) is 12.1. The van der Waals surface area contributed by atoms with E-state index >= 15 is 0 Å². The molecule has 180 valence electrons. The normalized spacial score (nSPS) is 19.7. The zero-order valence-corrected chi connectivity index (χ0v) is 19.5. The lowest BCUT2D eigenvalue weighted by molar-refractivity contribution is -0.141. The molecule has 3 N–H and O–H groups in total. The van der Waals surface area contributed by atoms with Crippen molar-refractivity contribution in [2.75, 3.05) is 13.2 Å². The van der Waals surface area contributed by atoms with Crippen LogP contribution in [0.5, 0.6) is 0 Å². The van der Waals surface area contributed by atoms with Gasteiger partial charge in [0.25, 0.3) is 0 Å². The Morgan fingerprint density at radius 2 is 1.68 bits per heavy atom. The van der Waals surface area contributed by atoms with E-state index in [0.29, 0.717) is 25.8 Å². The Labute approximate surface area is 199 Å². The number of aliphatic carboxylic acids is 1. The molecular formula is C27H32N2O5. The van der Waals surface area contributed by atoms with Gasteiger partial charge in [-0.1, -0.05) is 61.9 Å². The van der Waals surface area contributed by atoms with Gasteiger partial charge in [0.05, 0.1) is 5.92 Å². The summed E-state index contributed by atoms with van der Waals surface area (Å²) < 4.78 is 5.58. The average Bonchev–Trinajstić information content (AvgIpc) is 3.43. The molecule has 2 aromatic carbocycles. The number of hydrogen-bond acceptors (Lipinski definition) is 4. The first-order valence-corrected chi connectivity index (χ1v) is 12.1. The molecule has 1 saturated carbocycles. The molecule has 4 rings (SSSR count). The van der Waals surface area contributed by atoms with Crippen molar-refractivity contribution >= 4 is 18.0 Å². The highest BCUT2D eigenvalue weighted by Crippen LogP contribution is 2.44. The number of benzene rings is 2. The van der Waals surface area contributed by atoms with Gasteiger partial charge in [0.15, 0.2) is 0 Å². The minimum Gasteiger partial charge on any atom is -0.481 e. The molecule has 2 aromatic rings. The summed E-state index contributed by atoms with van der Waals surface area (Å²) in [5, 5.41) is 14.9. The Balaban J connectivity index is 1.24. The standard InChI is InChI=1S/C27H32N2O5/c1-2-17(13-25(30)29-19-12-11-18(14-19)26(31)32)15-28-27(33)34-16-24-22-9-5-3-7-20(22)21-8-4-6-10-23(21)24/h3-10,17-19,24H,2,11-16H2,1H3,(H,28,33)(H,29,30)(H,31,32). The van der Waals surface area contributed by atoms with Gasteiger partial charge in [-0.25, -0.2) is 4.79 Å². The van der Waals surface area contributed by atoms with E-state index in [1.54, 1.807) is 0 Å². The molecule has 0 heterocycles. The number of amides is 2. The van der Waals surface area contributed by atoms with Gasteiger partial charge in [-0.05, 0) is 47.4 Å². The van der Waals surface area contributed by atoms with Gasteiger partial charge in [-0.15, -0.1) is 0 Å². The molecule has 2 aliphatic rings. The molecule has 3 unspecified atom stereocenters. The summed E-state index contributed by atoms with van der Waals surface area (Å²) in [6.45, 7) is 2.58. The Hall–Kier alpha value is -3.35. The second-order valence-corrected chi connectivity index (χ2v) is 9.30. The van der Waals surface area contributed by atoms with Gasteiger partial charge >= 0.3 is 12.1 Å². The molecule has 3 atom stereocenters. The number of carboxylic acids is 1. The van der Waals surface area contributed by atoms with Gasteiger partial charge in [0.1, 0.15) is 6.61 Å². The van der Waals surface area contributed by atoms with E-state index in [2.05, 4.69) is 34.9 Å². The Kier molecular flexibility index (Phi) is 7.50. The summed E-state index contributed by atoms with van der Waals surface area (Å²) in [5.74, 6) is -1.28. The summed E-state index contributed by atoms with van der Waals surface area (Å²) in [4.78, 5) is 35.9. The zero-order chi connectivity index (χ0) is 24.1. The molecule has 0 aliphatic heterocycles. The largest absolute Gasteiger partial charge is 0.481 e. The van der Waals surface area contributed by atoms with Gasteiger partial charge in [0, 0.05) is 24.9 Å². The predicted octanol–water partition coefficient (Wildman–Crippen LogP) is 4.31. The summed E-state index contributed by atoms with van der Waals surface area (Å²) in [7, 11) is 0. The zero-order valence-electron chi connectivity index (χ0n) is 19.5. The number of ether oxygens (including phenoxy) is 1.